The standard InChI is InChI=1S/C16H14Cl2N2/c17-14-2-1-3-15(18)16(14)13(10-20)8-11-4-6-12(9-19)7-5-11/h1-7,13H,8,10,20H2. The summed E-state index contributed by atoms with van der Waals surface area (Å²) in [5.41, 5.74) is 8.52. The summed E-state index contributed by atoms with van der Waals surface area (Å²) in [6, 6.07) is 15.1. The van der Waals surface area contributed by atoms with Crippen LogP contribution in [0.5, 0.6) is 0 Å². The van der Waals surface area contributed by atoms with Crippen molar-refractivity contribution < 1.29 is 0 Å². The lowest BCUT2D eigenvalue weighted by Gasteiger charge is -2.18. The normalized spacial score (nSPS) is 11.9. The average molecular weight is 305 g/mol. The Morgan fingerprint density at radius 2 is 1.65 bits per heavy atom. The molecule has 2 nitrogen and oxygen atoms in total. The van der Waals surface area contributed by atoms with Gasteiger partial charge in [0.2, 0.25) is 0 Å². The van der Waals surface area contributed by atoms with Crippen molar-refractivity contribution in [3.05, 3.63) is 69.2 Å². The van der Waals surface area contributed by atoms with E-state index in [9.17, 15) is 0 Å². The first kappa shape index (κ1) is 14.9. The summed E-state index contributed by atoms with van der Waals surface area (Å²) in [5.74, 6) is 0.0594. The molecular weight excluding hydrogens is 291 g/mol. The predicted octanol–water partition coefficient (Wildman–Crippen LogP) is 4.15. The maximum absolute atomic E-state index is 8.80. The Kier molecular flexibility index (Phi) is 5.03. The van der Waals surface area contributed by atoms with Crippen LogP contribution in [0.15, 0.2) is 42.5 Å². The molecule has 0 spiro atoms. The smallest absolute Gasteiger partial charge is 0.0991 e. The molecule has 0 aliphatic carbocycles. The minimum absolute atomic E-state index is 0.0594. The Morgan fingerprint density at radius 1 is 1.05 bits per heavy atom. The van der Waals surface area contributed by atoms with Crippen LogP contribution >= 0.6 is 23.2 Å². The molecule has 0 heterocycles. The molecule has 0 radical (unpaired) electrons. The van der Waals surface area contributed by atoms with Gasteiger partial charge in [-0.1, -0.05) is 41.4 Å². The number of benzene rings is 2. The van der Waals surface area contributed by atoms with E-state index >= 15 is 0 Å². The van der Waals surface area contributed by atoms with Crippen molar-refractivity contribution in [2.24, 2.45) is 5.73 Å². The molecule has 2 rings (SSSR count). The highest BCUT2D eigenvalue weighted by Crippen LogP contribution is 2.33. The maximum atomic E-state index is 8.80. The molecule has 0 saturated heterocycles. The fraction of sp³-hybridized carbons (Fsp3) is 0.188. The van der Waals surface area contributed by atoms with E-state index in [-0.39, 0.29) is 5.92 Å². The van der Waals surface area contributed by atoms with Crippen LogP contribution in [-0.4, -0.2) is 6.54 Å². The van der Waals surface area contributed by atoms with Crippen LogP contribution in [0.2, 0.25) is 10.0 Å². The zero-order chi connectivity index (χ0) is 14.5. The van der Waals surface area contributed by atoms with Gasteiger partial charge in [-0.25, -0.2) is 0 Å². The Bertz CT molecular complexity index is 610. The summed E-state index contributed by atoms with van der Waals surface area (Å²) < 4.78 is 0. The summed E-state index contributed by atoms with van der Waals surface area (Å²) in [6.45, 7) is 0.462. The Labute approximate surface area is 128 Å². The SMILES string of the molecule is N#Cc1ccc(CC(CN)c2c(Cl)cccc2Cl)cc1. The van der Waals surface area contributed by atoms with E-state index in [1.807, 2.05) is 30.3 Å². The van der Waals surface area contributed by atoms with Crippen molar-refractivity contribution in [3.63, 3.8) is 0 Å². The van der Waals surface area contributed by atoms with Crippen molar-refractivity contribution >= 4 is 23.2 Å². The molecule has 0 amide bonds. The second kappa shape index (κ2) is 6.76. The number of nitriles is 1. The molecule has 1 unspecified atom stereocenters. The first-order valence-electron chi connectivity index (χ1n) is 6.28. The third-order valence-corrected chi connectivity index (χ3v) is 3.92. The molecule has 2 aromatic rings. The van der Waals surface area contributed by atoms with Crippen LogP contribution in [0.3, 0.4) is 0 Å². The molecule has 0 fully saturated rings. The lowest BCUT2D eigenvalue weighted by Crippen LogP contribution is -2.16. The van der Waals surface area contributed by atoms with Gasteiger partial charge in [0, 0.05) is 16.0 Å². The molecule has 20 heavy (non-hydrogen) atoms. The molecule has 0 aromatic heterocycles. The Hall–Kier alpha value is -1.53. The Morgan fingerprint density at radius 3 is 2.15 bits per heavy atom. The monoisotopic (exact) mass is 304 g/mol. The van der Waals surface area contributed by atoms with Gasteiger partial charge in [-0.05, 0) is 48.4 Å². The lowest BCUT2D eigenvalue weighted by molar-refractivity contribution is 0.695. The molecule has 102 valence electrons. The van der Waals surface area contributed by atoms with Crippen LogP contribution in [0.25, 0.3) is 0 Å². The first-order valence-corrected chi connectivity index (χ1v) is 7.04. The van der Waals surface area contributed by atoms with Gasteiger partial charge in [-0.15, -0.1) is 0 Å². The van der Waals surface area contributed by atoms with Crippen molar-refractivity contribution in [1.29, 1.82) is 5.26 Å². The van der Waals surface area contributed by atoms with Crippen molar-refractivity contribution in [3.8, 4) is 6.07 Å². The number of rotatable bonds is 4. The van der Waals surface area contributed by atoms with Gasteiger partial charge in [-0.3, -0.25) is 0 Å². The molecule has 2 N–H and O–H groups in total. The molecule has 0 aliphatic rings. The Balaban J connectivity index is 2.27. The summed E-state index contributed by atoms with van der Waals surface area (Å²) in [5, 5.41) is 10.1. The highest BCUT2D eigenvalue weighted by atomic mass is 35.5. The van der Waals surface area contributed by atoms with Crippen LogP contribution in [0, 0.1) is 11.3 Å². The van der Waals surface area contributed by atoms with Gasteiger partial charge >= 0.3 is 0 Å². The van der Waals surface area contributed by atoms with Gasteiger partial charge in [0.15, 0.2) is 0 Å². The first-order chi connectivity index (χ1) is 9.65. The predicted molar refractivity (Wildman–Crippen MR) is 83.1 cm³/mol. The molecule has 0 saturated carbocycles. The topological polar surface area (TPSA) is 49.8 Å². The lowest BCUT2D eigenvalue weighted by atomic mass is 9.91. The second-order valence-electron chi connectivity index (χ2n) is 4.58. The molecule has 0 bridgehead atoms. The molecule has 1 atom stereocenters. The van der Waals surface area contributed by atoms with Crippen molar-refractivity contribution in [1.82, 2.24) is 0 Å². The maximum Gasteiger partial charge on any atom is 0.0991 e. The van der Waals surface area contributed by atoms with E-state index in [4.69, 9.17) is 34.2 Å². The summed E-state index contributed by atoms with van der Waals surface area (Å²) in [6.07, 6.45) is 0.742. The summed E-state index contributed by atoms with van der Waals surface area (Å²) in [4.78, 5) is 0. The zero-order valence-corrected chi connectivity index (χ0v) is 12.3. The van der Waals surface area contributed by atoms with E-state index in [2.05, 4.69) is 6.07 Å². The van der Waals surface area contributed by atoms with E-state index in [0.29, 0.717) is 22.2 Å². The molecular formula is C16H14Cl2N2. The van der Waals surface area contributed by atoms with E-state index < -0.39 is 0 Å². The minimum Gasteiger partial charge on any atom is -0.330 e. The van der Waals surface area contributed by atoms with Gasteiger partial charge in [0.05, 0.1) is 11.6 Å². The van der Waals surface area contributed by atoms with Gasteiger partial charge in [0.1, 0.15) is 0 Å². The third-order valence-electron chi connectivity index (χ3n) is 3.26. The third kappa shape index (κ3) is 3.32. The highest BCUT2D eigenvalue weighted by molar-refractivity contribution is 6.36. The highest BCUT2D eigenvalue weighted by Gasteiger charge is 2.17. The van der Waals surface area contributed by atoms with Crippen LogP contribution in [-0.2, 0) is 6.42 Å². The fourth-order valence-corrected chi connectivity index (χ4v) is 2.91. The van der Waals surface area contributed by atoms with Gasteiger partial charge in [-0.2, -0.15) is 5.26 Å². The van der Waals surface area contributed by atoms with Crippen molar-refractivity contribution in [2.45, 2.75) is 12.3 Å². The quantitative estimate of drug-likeness (QED) is 0.922. The largest absolute Gasteiger partial charge is 0.330 e. The second-order valence-corrected chi connectivity index (χ2v) is 5.40. The summed E-state index contributed by atoms with van der Waals surface area (Å²) >= 11 is 12.5. The molecule has 2 aromatic carbocycles. The number of hydrogen-bond acceptors (Lipinski definition) is 2. The van der Waals surface area contributed by atoms with Crippen LogP contribution in [0.4, 0.5) is 0 Å². The van der Waals surface area contributed by atoms with Crippen molar-refractivity contribution in [2.75, 3.05) is 6.54 Å². The van der Waals surface area contributed by atoms with E-state index in [1.165, 1.54) is 0 Å². The zero-order valence-electron chi connectivity index (χ0n) is 10.8. The number of halogens is 2. The minimum atomic E-state index is 0.0594. The number of hydrogen-bond donors (Lipinski definition) is 1. The van der Waals surface area contributed by atoms with E-state index in [0.717, 1.165) is 17.5 Å². The van der Waals surface area contributed by atoms with Gasteiger partial charge < -0.3 is 5.73 Å². The van der Waals surface area contributed by atoms with E-state index in [1.54, 1.807) is 12.1 Å². The van der Waals surface area contributed by atoms with Gasteiger partial charge in [0.25, 0.3) is 0 Å². The molecule has 4 heteroatoms. The summed E-state index contributed by atoms with van der Waals surface area (Å²) in [7, 11) is 0. The molecule has 0 aliphatic heterocycles. The fourth-order valence-electron chi connectivity index (χ4n) is 2.20. The average Bonchev–Trinajstić information content (AvgIpc) is 2.46. The number of nitrogens with zero attached hydrogens (tertiary/aromatic N) is 1. The van der Waals surface area contributed by atoms with Crippen LogP contribution in [0.1, 0.15) is 22.6 Å². The number of nitrogens with two attached hydrogens (primary N) is 1. The van der Waals surface area contributed by atoms with Crippen LogP contribution < -0.4 is 5.73 Å².